The molecule has 0 aromatic heterocycles. The summed E-state index contributed by atoms with van der Waals surface area (Å²) < 4.78 is 10.5. The van der Waals surface area contributed by atoms with E-state index in [0.717, 1.165) is 0 Å². The Morgan fingerprint density at radius 1 is 1.32 bits per heavy atom. The highest BCUT2D eigenvalue weighted by Gasteiger charge is 2.45. The maximum absolute atomic E-state index is 11.5. The summed E-state index contributed by atoms with van der Waals surface area (Å²) >= 11 is 0. The van der Waals surface area contributed by atoms with Gasteiger partial charge < -0.3 is 41.2 Å². The second-order valence-corrected chi connectivity index (χ2v) is 4.88. The molecule has 10 nitrogen and oxygen atoms in total. The molecule has 1 aliphatic heterocycles. The predicted octanol–water partition coefficient (Wildman–Crippen LogP) is -3.98. The van der Waals surface area contributed by atoms with Gasteiger partial charge in [-0.1, -0.05) is 0 Å². The van der Waals surface area contributed by atoms with Gasteiger partial charge in [-0.15, -0.1) is 0 Å². The number of hydrogen-bond acceptors (Lipinski definition) is 8. The maximum Gasteiger partial charge on any atom is 0.246 e. The molecule has 0 aromatic carbocycles. The third-order valence-corrected chi connectivity index (χ3v) is 3.10. The molecule has 7 N–H and O–H groups in total. The Morgan fingerprint density at radius 3 is 2.55 bits per heavy atom. The Balaban J connectivity index is 2.68. The third-order valence-electron chi connectivity index (χ3n) is 3.10. The van der Waals surface area contributed by atoms with E-state index in [-0.39, 0.29) is 19.7 Å². The van der Waals surface area contributed by atoms with Crippen LogP contribution in [0.4, 0.5) is 0 Å². The first-order valence-electron chi connectivity index (χ1n) is 6.88. The smallest absolute Gasteiger partial charge is 0.246 e. The maximum atomic E-state index is 11.5. The number of rotatable bonds is 7. The molecule has 1 saturated heterocycles. The zero-order chi connectivity index (χ0) is 16.7. The number of aliphatic hydroxyl groups is 3. The molecule has 5 atom stereocenters. The number of carbonyl (C=O) groups excluding carboxylic acids is 2. The lowest BCUT2D eigenvalue weighted by Crippen LogP contribution is -2.64. The van der Waals surface area contributed by atoms with Crippen LogP contribution >= 0.6 is 0 Å². The fourth-order valence-corrected chi connectivity index (χ4v) is 2.03. The van der Waals surface area contributed by atoms with Crippen LogP contribution in [0.15, 0.2) is 0 Å². The van der Waals surface area contributed by atoms with Crippen LogP contribution in [0, 0.1) is 0 Å². The monoisotopic (exact) mass is 321 g/mol. The van der Waals surface area contributed by atoms with E-state index >= 15 is 0 Å². The minimum Gasteiger partial charge on any atom is -0.394 e. The normalized spacial score (nSPS) is 31.6. The SMILES string of the molecule is CC(=O)NC1C(OCC(=O)NCCN)OC(CO)C(O)C1O. The summed E-state index contributed by atoms with van der Waals surface area (Å²) in [4.78, 5) is 22.7. The van der Waals surface area contributed by atoms with Gasteiger partial charge in [-0.2, -0.15) is 0 Å². The van der Waals surface area contributed by atoms with Crippen molar-refractivity contribution >= 4 is 11.8 Å². The summed E-state index contributed by atoms with van der Waals surface area (Å²) in [7, 11) is 0. The lowest BCUT2D eigenvalue weighted by Gasteiger charge is -2.42. The molecule has 5 unspecified atom stereocenters. The Kier molecular flexibility index (Phi) is 7.65. The number of amides is 2. The first-order chi connectivity index (χ1) is 10.4. The predicted molar refractivity (Wildman–Crippen MR) is 73.4 cm³/mol. The summed E-state index contributed by atoms with van der Waals surface area (Å²) in [5.74, 6) is -0.916. The van der Waals surface area contributed by atoms with Crippen molar-refractivity contribution in [2.75, 3.05) is 26.3 Å². The topological polar surface area (TPSA) is 163 Å². The molecule has 0 radical (unpaired) electrons. The van der Waals surface area contributed by atoms with Gasteiger partial charge in [0.2, 0.25) is 11.8 Å². The molecule has 0 saturated carbocycles. The second-order valence-electron chi connectivity index (χ2n) is 4.88. The van der Waals surface area contributed by atoms with Crippen LogP contribution < -0.4 is 16.4 Å². The summed E-state index contributed by atoms with van der Waals surface area (Å²) in [6, 6.07) is -1.07. The third kappa shape index (κ3) is 5.16. The van der Waals surface area contributed by atoms with E-state index in [9.17, 15) is 19.8 Å². The molecular formula is C12H23N3O7. The van der Waals surface area contributed by atoms with Crippen molar-refractivity contribution in [3.8, 4) is 0 Å². The molecule has 0 aromatic rings. The van der Waals surface area contributed by atoms with Crippen molar-refractivity contribution in [1.82, 2.24) is 10.6 Å². The molecule has 10 heteroatoms. The molecule has 1 fully saturated rings. The molecule has 22 heavy (non-hydrogen) atoms. The van der Waals surface area contributed by atoms with Crippen molar-refractivity contribution in [2.24, 2.45) is 5.73 Å². The second kappa shape index (κ2) is 8.98. The van der Waals surface area contributed by atoms with Crippen molar-refractivity contribution in [1.29, 1.82) is 0 Å². The van der Waals surface area contributed by atoms with Gasteiger partial charge in [-0.25, -0.2) is 0 Å². The summed E-state index contributed by atoms with van der Waals surface area (Å²) in [5, 5.41) is 33.8. The first-order valence-corrected chi connectivity index (χ1v) is 6.88. The zero-order valence-corrected chi connectivity index (χ0v) is 12.3. The zero-order valence-electron chi connectivity index (χ0n) is 12.3. The largest absolute Gasteiger partial charge is 0.394 e. The number of nitrogens with one attached hydrogen (secondary N) is 2. The average molecular weight is 321 g/mol. The van der Waals surface area contributed by atoms with Crippen LogP contribution in [0.1, 0.15) is 6.92 Å². The van der Waals surface area contributed by atoms with Gasteiger partial charge in [0.1, 0.15) is 31.0 Å². The van der Waals surface area contributed by atoms with Crippen LogP contribution in [0.5, 0.6) is 0 Å². The van der Waals surface area contributed by atoms with Crippen LogP contribution in [-0.4, -0.2) is 84.1 Å². The molecule has 2 amide bonds. The first kappa shape index (κ1) is 18.7. The Hall–Kier alpha value is -1.30. The fraction of sp³-hybridized carbons (Fsp3) is 0.833. The Morgan fingerprint density at radius 2 is 2.00 bits per heavy atom. The van der Waals surface area contributed by atoms with Gasteiger partial charge in [0.15, 0.2) is 6.29 Å². The van der Waals surface area contributed by atoms with E-state index in [0.29, 0.717) is 0 Å². The standard InChI is InChI=1S/C12H23N3O7/c1-6(17)15-9-11(20)10(19)7(4-16)22-12(9)21-5-8(18)14-3-2-13/h7,9-12,16,19-20H,2-5,13H2,1H3,(H,14,18)(H,15,17). The molecule has 0 bridgehead atoms. The van der Waals surface area contributed by atoms with E-state index in [1.165, 1.54) is 6.92 Å². The van der Waals surface area contributed by atoms with Gasteiger partial charge >= 0.3 is 0 Å². The minimum atomic E-state index is -1.41. The molecule has 1 heterocycles. The fourth-order valence-electron chi connectivity index (χ4n) is 2.03. The average Bonchev–Trinajstić information content (AvgIpc) is 2.48. The number of nitrogens with two attached hydrogens (primary N) is 1. The summed E-state index contributed by atoms with van der Waals surface area (Å²) in [6.07, 6.45) is -5.08. The van der Waals surface area contributed by atoms with Gasteiger partial charge in [-0.05, 0) is 0 Å². The van der Waals surface area contributed by atoms with Gasteiger partial charge in [0.25, 0.3) is 0 Å². The molecule has 1 rings (SSSR count). The lowest BCUT2D eigenvalue weighted by molar-refractivity contribution is -0.268. The van der Waals surface area contributed by atoms with Crippen LogP contribution in [-0.2, 0) is 19.1 Å². The number of ether oxygens (including phenoxy) is 2. The Bertz CT molecular complexity index is 382. The highest BCUT2D eigenvalue weighted by molar-refractivity contribution is 5.77. The van der Waals surface area contributed by atoms with Crippen LogP contribution in [0.3, 0.4) is 0 Å². The van der Waals surface area contributed by atoms with E-state index in [1.807, 2.05) is 0 Å². The molecule has 0 spiro atoms. The van der Waals surface area contributed by atoms with Crippen molar-refractivity contribution in [3.05, 3.63) is 0 Å². The number of aliphatic hydroxyl groups excluding tert-OH is 3. The van der Waals surface area contributed by atoms with E-state index in [4.69, 9.17) is 20.3 Å². The molecular weight excluding hydrogens is 298 g/mol. The molecule has 128 valence electrons. The van der Waals surface area contributed by atoms with Gasteiger partial charge in [-0.3, -0.25) is 9.59 Å². The number of hydrogen-bond donors (Lipinski definition) is 6. The van der Waals surface area contributed by atoms with E-state index in [1.54, 1.807) is 0 Å². The quantitative estimate of drug-likeness (QED) is 0.276. The van der Waals surface area contributed by atoms with Crippen molar-refractivity contribution < 1.29 is 34.4 Å². The lowest BCUT2D eigenvalue weighted by atomic mass is 9.97. The minimum absolute atomic E-state index is 0.275. The molecule has 0 aliphatic carbocycles. The Labute approximate surface area is 127 Å². The van der Waals surface area contributed by atoms with Gasteiger partial charge in [0.05, 0.1) is 6.61 Å². The van der Waals surface area contributed by atoms with Gasteiger partial charge in [0, 0.05) is 20.0 Å². The van der Waals surface area contributed by atoms with Crippen LogP contribution in [0.25, 0.3) is 0 Å². The van der Waals surface area contributed by atoms with Crippen LogP contribution in [0.2, 0.25) is 0 Å². The summed E-state index contributed by atoms with van der Waals surface area (Å²) in [5.41, 5.74) is 5.25. The van der Waals surface area contributed by atoms with Crippen molar-refractivity contribution in [3.63, 3.8) is 0 Å². The number of carbonyl (C=O) groups is 2. The highest BCUT2D eigenvalue weighted by atomic mass is 16.7. The van der Waals surface area contributed by atoms with E-state index in [2.05, 4.69) is 10.6 Å². The highest BCUT2D eigenvalue weighted by Crippen LogP contribution is 2.22. The molecule has 1 aliphatic rings. The van der Waals surface area contributed by atoms with E-state index < -0.39 is 49.1 Å². The summed E-state index contributed by atoms with van der Waals surface area (Å²) in [6.45, 7) is 0.843. The van der Waals surface area contributed by atoms with Crippen molar-refractivity contribution in [2.45, 2.75) is 37.6 Å².